The first kappa shape index (κ1) is 17.5. The molecular weight excluding hydrogens is 272 g/mol. The quantitative estimate of drug-likeness (QED) is 0.706. The average Bonchev–Trinajstić information content (AvgIpc) is 2.93. The smallest absolute Gasteiger partial charge is 0.307 e. The van der Waals surface area contributed by atoms with Crippen LogP contribution in [0, 0.1) is 11.8 Å². The molecule has 2 atom stereocenters. The van der Waals surface area contributed by atoms with Crippen molar-refractivity contribution in [2.45, 2.75) is 46.0 Å². The molecule has 1 aliphatic rings. The van der Waals surface area contributed by atoms with Crippen LogP contribution in [0.5, 0.6) is 0 Å². The van der Waals surface area contributed by atoms with E-state index in [9.17, 15) is 19.5 Å². The van der Waals surface area contributed by atoms with Gasteiger partial charge >= 0.3 is 5.97 Å². The number of carboxylic acid groups (broad SMARTS) is 1. The van der Waals surface area contributed by atoms with Crippen LogP contribution in [0.25, 0.3) is 0 Å². The lowest BCUT2D eigenvalue weighted by molar-refractivity contribution is -0.149. The Balaban J connectivity index is 2.68. The van der Waals surface area contributed by atoms with Gasteiger partial charge in [0.15, 0.2) is 0 Å². The van der Waals surface area contributed by atoms with Crippen molar-refractivity contribution in [1.82, 2.24) is 10.2 Å². The molecule has 21 heavy (non-hydrogen) atoms. The predicted molar refractivity (Wildman–Crippen MR) is 78.6 cm³/mol. The molecule has 0 heterocycles. The fourth-order valence-electron chi connectivity index (χ4n) is 2.82. The van der Waals surface area contributed by atoms with Crippen molar-refractivity contribution < 1.29 is 19.5 Å². The molecule has 1 rings (SSSR count). The minimum absolute atomic E-state index is 0.0233. The molecule has 2 unspecified atom stereocenters. The lowest BCUT2D eigenvalue weighted by atomic mass is 9.94. The number of carbonyl (C=O) groups excluding carboxylic acids is 2. The molecule has 1 saturated carbocycles. The van der Waals surface area contributed by atoms with Gasteiger partial charge in [-0.2, -0.15) is 0 Å². The Kier molecular flexibility index (Phi) is 7.19. The summed E-state index contributed by atoms with van der Waals surface area (Å²) in [5.74, 6) is -2.35. The van der Waals surface area contributed by atoms with Gasteiger partial charge in [-0.25, -0.2) is 0 Å². The third-order valence-electron chi connectivity index (χ3n) is 3.86. The number of nitrogens with one attached hydrogen (secondary N) is 1. The van der Waals surface area contributed by atoms with Crippen molar-refractivity contribution in [2.75, 3.05) is 19.6 Å². The van der Waals surface area contributed by atoms with Gasteiger partial charge in [0.2, 0.25) is 11.8 Å². The largest absolute Gasteiger partial charge is 0.481 e. The number of carbonyl (C=O) groups is 3. The number of hydrogen-bond acceptors (Lipinski definition) is 3. The highest BCUT2D eigenvalue weighted by Gasteiger charge is 2.39. The van der Waals surface area contributed by atoms with E-state index < -0.39 is 17.8 Å². The van der Waals surface area contributed by atoms with Gasteiger partial charge in [-0.15, -0.1) is 0 Å². The van der Waals surface area contributed by atoms with E-state index in [1.807, 2.05) is 13.8 Å². The molecule has 6 heteroatoms. The van der Waals surface area contributed by atoms with Gasteiger partial charge < -0.3 is 15.3 Å². The first-order valence-electron chi connectivity index (χ1n) is 7.79. The Morgan fingerprint density at radius 1 is 1.14 bits per heavy atom. The Labute approximate surface area is 125 Å². The maximum Gasteiger partial charge on any atom is 0.307 e. The minimum Gasteiger partial charge on any atom is -0.481 e. The van der Waals surface area contributed by atoms with Crippen LogP contribution >= 0.6 is 0 Å². The Hall–Kier alpha value is -1.59. The van der Waals surface area contributed by atoms with Crippen molar-refractivity contribution in [1.29, 1.82) is 0 Å². The fraction of sp³-hybridized carbons (Fsp3) is 0.800. The third-order valence-corrected chi connectivity index (χ3v) is 3.86. The molecule has 6 nitrogen and oxygen atoms in total. The fourth-order valence-corrected chi connectivity index (χ4v) is 2.82. The first-order valence-corrected chi connectivity index (χ1v) is 7.79. The number of carboxylic acids is 1. The van der Waals surface area contributed by atoms with Crippen LogP contribution in [-0.2, 0) is 14.4 Å². The Morgan fingerprint density at radius 3 is 2.38 bits per heavy atom. The van der Waals surface area contributed by atoms with Crippen molar-refractivity contribution in [2.24, 2.45) is 11.8 Å². The zero-order chi connectivity index (χ0) is 15.8. The van der Waals surface area contributed by atoms with E-state index in [0.29, 0.717) is 25.9 Å². The predicted octanol–water partition coefficient (Wildman–Crippen LogP) is 1.25. The Morgan fingerprint density at radius 2 is 1.81 bits per heavy atom. The maximum absolute atomic E-state index is 12.5. The monoisotopic (exact) mass is 298 g/mol. The molecule has 120 valence electrons. The van der Waals surface area contributed by atoms with E-state index in [1.54, 1.807) is 0 Å². The summed E-state index contributed by atoms with van der Waals surface area (Å²) in [6.45, 7) is 5.00. The van der Waals surface area contributed by atoms with Gasteiger partial charge in [-0.1, -0.05) is 20.3 Å². The summed E-state index contributed by atoms with van der Waals surface area (Å²) in [6.07, 6.45) is 3.50. The summed E-state index contributed by atoms with van der Waals surface area (Å²) in [5, 5.41) is 11.9. The molecule has 0 spiro atoms. The van der Waals surface area contributed by atoms with Gasteiger partial charge in [-0.3, -0.25) is 14.4 Å². The van der Waals surface area contributed by atoms with Crippen LogP contribution < -0.4 is 5.32 Å². The molecule has 0 saturated heterocycles. The highest BCUT2D eigenvalue weighted by molar-refractivity contribution is 5.89. The molecule has 2 N–H and O–H groups in total. The van der Waals surface area contributed by atoms with E-state index in [-0.39, 0.29) is 18.4 Å². The molecule has 0 bridgehead atoms. The number of nitrogens with zero attached hydrogens (tertiary/aromatic N) is 1. The van der Waals surface area contributed by atoms with Crippen molar-refractivity contribution in [3.63, 3.8) is 0 Å². The topological polar surface area (TPSA) is 86.7 Å². The lowest BCUT2D eigenvalue weighted by Gasteiger charge is -2.26. The molecule has 0 aromatic heterocycles. The van der Waals surface area contributed by atoms with Gasteiger partial charge in [0.05, 0.1) is 18.4 Å². The van der Waals surface area contributed by atoms with E-state index in [0.717, 1.165) is 19.3 Å². The average molecular weight is 298 g/mol. The van der Waals surface area contributed by atoms with Gasteiger partial charge in [-0.05, 0) is 25.7 Å². The second-order valence-corrected chi connectivity index (χ2v) is 5.59. The zero-order valence-corrected chi connectivity index (χ0v) is 12.9. The van der Waals surface area contributed by atoms with Crippen LogP contribution in [0.2, 0.25) is 0 Å². The molecule has 2 amide bonds. The third kappa shape index (κ3) is 5.02. The summed E-state index contributed by atoms with van der Waals surface area (Å²) >= 11 is 0. The Bertz CT molecular complexity index is 384. The number of hydrogen-bond donors (Lipinski definition) is 2. The molecule has 0 aliphatic heterocycles. The lowest BCUT2D eigenvalue weighted by Crippen LogP contribution is -2.45. The first-order chi connectivity index (χ1) is 10.0. The molecular formula is C15H26N2O4. The maximum atomic E-state index is 12.5. The second kappa shape index (κ2) is 8.64. The molecule has 0 aromatic rings. The number of rotatable bonds is 8. The number of amides is 2. The van der Waals surface area contributed by atoms with Crippen molar-refractivity contribution in [3.05, 3.63) is 0 Å². The minimum atomic E-state index is -0.905. The zero-order valence-electron chi connectivity index (χ0n) is 12.9. The summed E-state index contributed by atoms with van der Waals surface area (Å²) < 4.78 is 0. The van der Waals surface area contributed by atoms with Gasteiger partial charge in [0.1, 0.15) is 0 Å². The van der Waals surface area contributed by atoms with E-state index in [2.05, 4.69) is 5.32 Å². The van der Waals surface area contributed by atoms with Crippen LogP contribution in [0.15, 0.2) is 0 Å². The molecule has 1 fully saturated rings. The van der Waals surface area contributed by atoms with E-state index in [4.69, 9.17) is 0 Å². The highest BCUT2D eigenvalue weighted by atomic mass is 16.4. The van der Waals surface area contributed by atoms with Crippen LogP contribution in [0.1, 0.15) is 46.0 Å². The molecule has 1 aliphatic carbocycles. The van der Waals surface area contributed by atoms with Crippen molar-refractivity contribution in [3.8, 4) is 0 Å². The van der Waals surface area contributed by atoms with Gasteiger partial charge in [0, 0.05) is 13.1 Å². The number of aliphatic carboxylic acids is 1. The van der Waals surface area contributed by atoms with Crippen LogP contribution in [-0.4, -0.2) is 47.4 Å². The highest BCUT2D eigenvalue weighted by Crippen LogP contribution is 2.33. The summed E-state index contributed by atoms with van der Waals surface area (Å²) in [6, 6.07) is 0. The van der Waals surface area contributed by atoms with Crippen LogP contribution in [0.3, 0.4) is 0 Å². The van der Waals surface area contributed by atoms with Crippen molar-refractivity contribution >= 4 is 17.8 Å². The SMILES string of the molecule is CCCNC(=O)CN(CCC)C(=O)C1CCCC1C(=O)O. The summed E-state index contributed by atoms with van der Waals surface area (Å²) in [5.41, 5.74) is 0. The summed E-state index contributed by atoms with van der Waals surface area (Å²) in [7, 11) is 0. The molecule has 0 aromatic carbocycles. The van der Waals surface area contributed by atoms with Crippen LogP contribution in [0.4, 0.5) is 0 Å². The molecule has 0 radical (unpaired) electrons. The standard InChI is InChI=1S/C15H26N2O4/c1-3-8-16-13(18)10-17(9-4-2)14(19)11-6-5-7-12(11)15(20)21/h11-12H,3-10H2,1-2H3,(H,16,18)(H,20,21). The van der Waals surface area contributed by atoms with Gasteiger partial charge in [0.25, 0.3) is 0 Å². The second-order valence-electron chi connectivity index (χ2n) is 5.59. The summed E-state index contributed by atoms with van der Waals surface area (Å²) in [4.78, 5) is 37.1. The van der Waals surface area contributed by atoms with E-state index in [1.165, 1.54) is 4.90 Å². The normalized spacial score (nSPS) is 21.0. The van der Waals surface area contributed by atoms with E-state index >= 15 is 0 Å².